The second-order valence-electron chi connectivity index (χ2n) is 10.3. The summed E-state index contributed by atoms with van der Waals surface area (Å²) < 4.78 is 5.55. The number of carbonyl (C=O) groups is 1. The predicted molar refractivity (Wildman–Crippen MR) is 106 cm³/mol. The number of hydrogen-bond donors (Lipinski definition) is 0. The van der Waals surface area contributed by atoms with Crippen molar-refractivity contribution in [2.24, 2.45) is 34.5 Å². The lowest BCUT2D eigenvalue weighted by Gasteiger charge is -2.55. The minimum Gasteiger partial charge on any atom is -0.462 e. The Balaban J connectivity index is 1.63. The van der Waals surface area contributed by atoms with Crippen LogP contribution in [0.25, 0.3) is 0 Å². The molecule has 0 unspecified atom stereocenters. The topological polar surface area (TPSA) is 26.3 Å². The molecule has 144 valence electrons. The van der Waals surface area contributed by atoms with Crippen LogP contribution in [-0.4, -0.2) is 12.1 Å². The van der Waals surface area contributed by atoms with Crippen molar-refractivity contribution in [3.05, 3.63) is 23.3 Å². The van der Waals surface area contributed by atoms with Gasteiger partial charge in [0.2, 0.25) is 0 Å². The zero-order valence-electron chi connectivity index (χ0n) is 17.3. The average Bonchev–Trinajstić information content (AvgIpc) is 2.92. The van der Waals surface area contributed by atoms with Gasteiger partial charge in [-0.3, -0.25) is 4.79 Å². The first kappa shape index (κ1) is 18.3. The molecule has 0 aromatic carbocycles. The van der Waals surface area contributed by atoms with Gasteiger partial charge in [0.05, 0.1) is 0 Å². The molecular weight excluding hydrogens is 320 g/mol. The lowest BCUT2D eigenvalue weighted by molar-refractivity contribution is -0.148. The molecule has 3 saturated carbocycles. The van der Waals surface area contributed by atoms with Gasteiger partial charge in [0, 0.05) is 13.3 Å². The highest BCUT2D eigenvalue weighted by molar-refractivity contribution is 5.66. The number of rotatable bonds is 2. The Morgan fingerprint density at radius 3 is 2.54 bits per heavy atom. The largest absolute Gasteiger partial charge is 0.462 e. The zero-order chi connectivity index (χ0) is 18.7. The Hall–Kier alpha value is -1.05. The highest BCUT2D eigenvalue weighted by Crippen LogP contribution is 2.65. The lowest BCUT2D eigenvalue weighted by atomic mass is 9.50. The van der Waals surface area contributed by atoms with Crippen LogP contribution in [0.15, 0.2) is 23.3 Å². The molecule has 0 heterocycles. The van der Waals surface area contributed by atoms with E-state index in [0.29, 0.717) is 11.3 Å². The molecule has 4 aliphatic rings. The van der Waals surface area contributed by atoms with Crippen LogP contribution in [0.4, 0.5) is 0 Å². The molecule has 26 heavy (non-hydrogen) atoms. The van der Waals surface area contributed by atoms with E-state index in [0.717, 1.165) is 37.0 Å². The minimum atomic E-state index is -0.134. The van der Waals surface area contributed by atoms with Crippen molar-refractivity contribution >= 4 is 5.97 Å². The van der Waals surface area contributed by atoms with E-state index in [1.54, 1.807) is 5.57 Å². The maximum absolute atomic E-state index is 11.4. The van der Waals surface area contributed by atoms with E-state index >= 15 is 0 Å². The number of fused-ring (bicyclic) bond motifs is 5. The molecule has 3 fully saturated rings. The van der Waals surface area contributed by atoms with Gasteiger partial charge < -0.3 is 4.74 Å². The van der Waals surface area contributed by atoms with Gasteiger partial charge in [-0.1, -0.05) is 51.0 Å². The van der Waals surface area contributed by atoms with Crippen LogP contribution < -0.4 is 0 Å². The highest BCUT2D eigenvalue weighted by Gasteiger charge is 2.56. The molecule has 4 rings (SSSR count). The Bertz CT molecular complexity index is 657. The number of esters is 1. The Kier molecular flexibility index (Phi) is 4.40. The summed E-state index contributed by atoms with van der Waals surface area (Å²) >= 11 is 0. The van der Waals surface area contributed by atoms with Crippen molar-refractivity contribution < 1.29 is 9.53 Å². The first-order valence-electron chi connectivity index (χ1n) is 10.8. The quantitative estimate of drug-likeness (QED) is 0.561. The molecule has 6 atom stereocenters. The SMILES string of the molecule is CC(=O)O[C@H]1CC[C@@]2(C)C(=CC=C3[C@@H]4CC[C@H](C(C)C)[C@@]4(C)CC[C@@H]32)C1. The summed E-state index contributed by atoms with van der Waals surface area (Å²) in [6.07, 6.45) is 13.6. The fourth-order valence-electron chi connectivity index (χ4n) is 7.44. The smallest absolute Gasteiger partial charge is 0.302 e. The van der Waals surface area contributed by atoms with E-state index in [1.165, 1.54) is 38.2 Å². The van der Waals surface area contributed by atoms with E-state index < -0.39 is 0 Å². The highest BCUT2D eigenvalue weighted by atomic mass is 16.5. The Morgan fingerprint density at radius 2 is 1.85 bits per heavy atom. The maximum Gasteiger partial charge on any atom is 0.302 e. The van der Waals surface area contributed by atoms with E-state index in [9.17, 15) is 4.79 Å². The van der Waals surface area contributed by atoms with Crippen LogP contribution in [0.1, 0.15) is 79.6 Å². The lowest BCUT2D eigenvalue weighted by Crippen LogP contribution is -2.46. The van der Waals surface area contributed by atoms with Crippen LogP contribution in [0, 0.1) is 34.5 Å². The summed E-state index contributed by atoms with van der Waals surface area (Å²) in [5.41, 5.74) is 4.09. The van der Waals surface area contributed by atoms with Crippen LogP contribution in [-0.2, 0) is 9.53 Å². The van der Waals surface area contributed by atoms with Crippen LogP contribution in [0.3, 0.4) is 0 Å². The second kappa shape index (κ2) is 6.24. The third kappa shape index (κ3) is 2.62. The third-order valence-electron chi connectivity index (χ3n) is 8.74. The molecule has 0 spiro atoms. The summed E-state index contributed by atoms with van der Waals surface area (Å²) in [7, 11) is 0. The monoisotopic (exact) mass is 356 g/mol. The molecule has 0 amide bonds. The number of carbonyl (C=O) groups excluding carboxylic acids is 1. The fourth-order valence-corrected chi connectivity index (χ4v) is 7.44. The summed E-state index contributed by atoms with van der Waals surface area (Å²) in [5, 5.41) is 0. The molecule has 0 aromatic heterocycles. The molecule has 2 heteroatoms. The number of allylic oxidation sites excluding steroid dienone is 3. The van der Waals surface area contributed by atoms with Gasteiger partial charge in [0.25, 0.3) is 0 Å². The van der Waals surface area contributed by atoms with Crippen molar-refractivity contribution in [2.75, 3.05) is 0 Å². The van der Waals surface area contributed by atoms with Gasteiger partial charge in [-0.25, -0.2) is 0 Å². The van der Waals surface area contributed by atoms with E-state index in [2.05, 4.69) is 39.8 Å². The van der Waals surface area contributed by atoms with E-state index in [1.807, 2.05) is 0 Å². The molecule has 0 N–H and O–H groups in total. The summed E-state index contributed by atoms with van der Waals surface area (Å²) in [6.45, 7) is 11.5. The first-order chi connectivity index (χ1) is 12.3. The zero-order valence-corrected chi connectivity index (χ0v) is 17.3. The number of hydrogen-bond acceptors (Lipinski definition) is 2. The van der Waals surface area contributed by atoms with Gasteiger partial charge in [-0.15, -0.1) is 0 Å². The minimum absolute atomic E-state index is 0.0902. The molecule has 2 nitrogen and oxygen atoms in total. The fraction of sp³-hybridized carbons (Fsp3) is 0.792. The van der Waals surface area contributed by atoms with Crippen LogP contribution in [0.5, 0.6) is 0 Å². The van der Waals surface area contributed by atoms with Crippen LogP contribution in [0.2, 0.25) is 0 Å². The molecule has 0 radical (unpaired) electrons. The van der Waals surface area contributed by atoms with Crippen LogP contribution >= 0.6 is 0 Å². The average molecular weight is 357 g/mol. The van der Waals surface area contributed by atoms with Crippen molar-refractivity contribution in [1.29, 1.82) is 0 Å². The standard InChI is InChI=1S/C24H36O2/c1-15(2)20-8-9-21-19-7-6-17-14-18(26-16(3)25)10-12-23(17,4)22(19)11-13-24(20,21)5/h6-7,15,18,20-22H,8-14H2,1-5H3/t18-,20+,21-,22-,23-,24+/m0/s1. The predicted octanol–water partition coefficient (Wildman–Crippen LogP) is 6.07. The van der Waals surface area contributed by atoms with Gasteiger partial charge in [-0.05, 0) is 73.0 Å². The Labute approximate surface area is 159 Å². The molecule has 0 bridgehead atoms. The first-order valence-corrected chi connectivity index (χ1v) is 10.8. The van der Waals surface area contributed by atoms with Crippen molar-refractivity contribution in [2.45, 2.75) is 85.7 Å². The molecule has 0 saturated heterocycles. The van der Waals surface area contributed by atoms with E-state index in [4.69, 9.17) is 4.74 Å². The van der Waals surface area contributed by atoms with Crippen molar-refractivity contribution in [3.63, 3.8) is 0 Å². The normalized spacial score (nSPS) is 44.5. The molecule has 0 aromatic rings. The van der Waals surface area contributed by atoms with Gasteiger partial charge in [0.15, 0.2) is 0 Å². The summed E-state index contributed by atoms with van der Waals surface area (Å²) in [4.78, 5) is 11.4. The number of ether oxygens (including phenoxy) is 1. The second-order valence-corrected chi connectivity index (χ2v) is 10.3. The van der Waals surface area contributed by atoms with Crippen molar-refractivity contribution in [3.8, 4) is 0 Å². The third-order valence-corrected chi connectivity index (χ3v) is 8.74. The Morgan fingerprint density at radius 1 is 1.08 bits per heavy atom. The molecule has 4 aliphatic carbocycles. The summed E-state index contributed by atoms with van der Waals surface area (Å²) in [6, 6.07) is 0. The van der Waals surface area contributed by atoms with Crippen molar-refractivity contribution in [1.82, 2.24) is 0 Å². The summed E-state index contributed by atoms with van der Waals surface area (Å²) in [5.74, 6) is 3.04. The van der Waals surface area contributed by atoms with Gasteiger partial charge in [-0.2, -0.15) is 0 Å². The maximum atomic E-state index is 11.4. The molecular formula is C24H36O2. The van der Waals surface area contributed by atoms with Gasteiger partial charge in [0.1, 0.15) is 6.10 Å². The van der Waals surface area contributed by atoms with E-state index in [-0.39, 0.29) is 17.5 Å². The van der Waals surface area contributed by atoms with Gasteiger partial charge >= 0.3 is 5.97 Å². The molecule has 0 aliphatic heterocycles.